The maximum absolute atomic E-state index is 13.2. The van der Waals surface area contributed by atoms with Gasteiger partial charge in [-0.1, -0.05) is 40.0 Å². The van der Waals surface area contributed by atoms with Gasteiger partial charge < -0.3 is 4.90 Å². The van der Waals surface area contributed by atoms with Crippen LogP contribution in [0.25, 0.3) is 0 Å². The minimum absolute atomic E-state index is 0.102. The van der Waals surface area contributed by atoms with Gasteiger partial charge in [0.1, 0.15) is 5.82 Å². The van der Waals surface area contributed by atoms with Gasteiger partial charge in [-0.05, 0) is 25.0 Å². The Morgan fingerprint density at radius 2 is 2.11 bits per heavy atom. The molecule has 1 rings (SSSR count). The van der Waals surface area contributed by atoms with E-state index < -0.39 is 5.82 Å². The van der Waals surface area contributed by atoms with E-state index in [0.29, 0.717) is 6.54 Å². The maximum Gasteiger partial charge on any atom is 0.255 e. The summed E-state index contributed by atoms with van der Waals surface area (Å²) in [7, 11) is 1.71. The van der Waals surface area contributed by atoms with Crippen LogP contribution >= 0.6 is 27.5 Å². The summed E-state index contributed by atoms with van der Waals surface area (Å²) in [5, 5.41) is 0.871. The molecule has 100 valence electrons. The van der Waals surface area contributed by atoms with Crippen molar-refractivity contribution in [2.24, 2.45) is 0 Å². The first-order valence-electron chi connectivity index (χ1n) is 5.83. The van der Waals surface area contributed by atoms with Crippen molar-refractivity contribution < 1.29 is 9.18 Å². The highest BCUT2D eigenvalue weighted by atomic mass is 79.9. The van der Waals surface area contributed by atoms with Gasteiger partial charge >= 0.3 is 0 Å². The Kier molecular flexibility index (Phi) is 6.65. The van der Waals surface area contributed by atoms with Gasteiger partial charge in [0, 0.05) is 18.9 Å². The summed E-state index contributed by atoms with van der Waals surface area (Å²) in [6, 6.07) is 4.28. The SMILES string of the molecule is CN(CCCCCBr)C(=O)c1cccc(F)c1Cl. The Balaban J connectivity index is 2.60. The zero-order valence-electron chi connectivity index (χ0n) is 10.3. The van der Waals surface area contributed by atoms with E-state index in [4.69, 9.17) is 11.6 Å². The van der Waals surface area contributed by atoms with Gasteiger partial charge in [0.05, 0.1) is 10.6 Å². The number of halogens is 3. The molecule has 0 unspecified atom stereocenters. The summed E-state index contributed by atoms with van der Waals surface area (Å²) in [6.07, 6.45) is 3.07. The number of hydrogen-bond donors (Lipinski definition) is 0. The molecule has 0 bridgehead atoms. The van der Waals surface area contributed by atoms with Crippen molar-refractivity contribution in [3.05, 3.63) is 34.6 Å². The number of rotatable bonds is 6. The normalized spacial score (nSPS) is 10.4. The van der Waals surface area contributed by atoms with Gasteiger partial charge in [-0.15, -0.1) is 0 Å². The number of carbonyl (C=O) groups is 1. The smallest absolute Gasteiger partial charge is 0.255 e. The summed E-state index contributed by atoms with van der Waals surface area (Å²) in [5.41, 5.74) is 0.222. The quantitative estimate of drug-likeness (QED) is 0.565. The minimum Gasteiger partial charge on any atom is -0.342 e. The highest BCUT2D eigenvalue weighted by Gasteiger charge is 2.16. The molecule has 0 heterocycles. The van der Waals surface area contributed by atoms with Crippen LogP contribution in [0.1, 0.15) is 29.6 Å². The van der Waals surface area contributed by atoms with E-state index >= 15 is 0 Å². The van der Waals surface area contributed by atoms with Gasteiger partial charge in [-0.2, -0.15) is 0 Å². The number of amides is 1. The molecular formula is C13H16BrClFNO. The standard InChI is InChI=1S/C13H16BrClFNO/c1-17(9-4-2-3-8-14)13(18)10-6-5-7-11(16)12(10)15/h5-7H,2-4,8-9H2,1H3. The van der Waals surface area contributed by atoms with Gasteiger partial charge in [-0.25, -0.2) is 4.39 Å². The Hall–Kier alpha value is -0.610. The van der Waals surface area contributed by atoms with Crippen LogP contribution in [0.15, 0.2) is 18.2 Å². The zero-order chi connectivity index (χ0) is 13.5. The number of nitrogens with zero attached hydrogens (tertiary/aromatic N) is 1. The largest absolute Gasteiger partial charge is 0.342 e. The van der Waals surface area contributed by atoms with Crippen molar-refractivity contribution >= 4 is 33.4 Å². The van der Waals surface area contributed by atoms with Crippen molar-refractivity contribution in [1.29, 1.82) is 0 Å². The number of benzene rings is 1. The van der Waals surface area contributed by atoms with Crippen LogP contribution in [0.4, 0.5) is 4.39 Å². The zero-order valence-corrected chi connectivity index (χ0v) is 12.6. The minimum atomic E-state index is -0.560. The molecule has 1 amide bonds. The van der Waals surface area contributed by atoms with Gasteiger partial charge in [0.25, 0.3) is 5.91 Å². The lowest BCUT2D eigenvalue weighted by atomic mass is 10.2. The molecule has 0 spiro atoms. The lowest BCUT2D eigenvalue weighted by molar-refractivity contribution is 0.0792. The first kappa shape index (κ1) is 15.4. The van der Waals surface area contributed by atoms with Crippen molar-refractivity contribution in [3.8, 4) is 0 Å². The summed E-state index contributed by atoms with van der Waals surface area (Å²) < 4.78 is 13.2. The third-order valence-electron chi connectivity index (χ3n) is 2.66. The van der Waals surface area contributed by atoms with Crippen molar-refractivity contribution in [2.75, 3.05) is 18.9 Å². The second kappa shape index (κ2) is 7.74. The Morgan fingerprint density at radius 3 is 2.78 bits per heavy atom. The van der Waals surface area contributed by atoms with Crippen LogP contribution in [0, 0.1) is 5.82 Å². The lowest BCUT2D eigenvalue weighted by Crippen LogP contribution is -2.28. The summed E-state index contributed by atoms with van der Waals surface area (Å²) in [6.45, 7) is 0.651. The summed E-state index contributed by atoms with van der Waals surface area (Å²) in [5.74, 6) is -0.798. The fourth-order valence-electron chi connectivity index (χ4n) is 1.60. The molecule has 2 nitrogen and oxygen atoms in total. The predicted molar refractivity (Wildman–Crippen MR) is 76.0 cm³/mol. The van der Waals surface area contributed by atoms with Crippen LogP contribution < -0.4 is 0 Å². The van der Waals surface area contributed by atoms with Crippen molar-refractivity contribution in [2.45, 2.75) is 19.3 Å². The molecule has 0 saturated heterocycles. The fourth-order valence-corrected chi connectivity index (χ4v) is 2.20. The van der Waals surface area contributed by atoms with Gasteiger partial charge in [-0.3, -0.25) is 4.79 Å². The molecule has 0 saturated carbocycles. The average molecular weight is 337 g/mol. The molecular weight excluding hydrogens is 321 g/mol. The molecule has 0 atom stereocenters. The van der Waals surface area contributed by atoms with Crippen LogP contribution in [-0.4, -0.2) is 29.7 Å². The van der Waals surface area contributed by atoms with Crippen LogP contribution in [0.3, 0.4) is 0 Å². The molecule has 0 radical (unpaired) electrons. The monoisotopic (exact) mass is 335 g/mol. The Bertz CT molecular complexity index is 414. The molecule has 1 aromatic rings. The first-order valence-corrected chi connectivity index (χ1v) is 7.33. The van der Waals surface area contributed by atoms with Crippen molar-refractivity contribution in [1.82, 2.24) is 4.90 Å². The highest BCUT2D eigenvalue weighted by Crippen LogP contribution is 2.20. The summed E-state index contributed by atoms with van der Waals surface area (Å²) in [4.78, 5) is 13.6. The molecule has 0 aliphatic rings. The molecule has 0 aliphatic carbocycles. The van der Waals surface area contributed by atoms with E-state index in [2.05, 4.69) is 15.9 Å². The van der Waals surface area contributed by atoms with Crippen LogP contribution in [0.2, 0.25) is 5.02 Å². The van der Waals surface area contributed by atoms with Crippen LogP contribution in [-0.2, 0) is 0 Å². The lowest BCUT2D eigenvalue weighted by Gasteiger charge is -2.17. The third kappa shape index (κ3) is 4.25. The molecule has 18 heavy (non-hydrogen) atoms. The topological polar surface area (TPSA) is 20.3 Å². The van der Waals surface area contributed by atoms with E-state index in [1.807, 2.05) is 0 Å². The molecule has 0 N–H and O–H groups in total. The Labute approximate surface area is 120 Å². The third-order valence-corrected chi connectivity index (χ3v) is 3.60. The van der Waals surface area contributed by atoms with Gasteiger partial charge in [0.15, 0.2) is 0 Å². The second-order valence-electron chi connectivity index (χ2n) is 4.08. The molecule has 5 heteroatoms. The van der Waals surface area contributed by atoms with Gasteiger partial charge in [0.2, 0.25) is 0 Å². The molecule has 1 aromatic carbocycles. The fraction of sp³-hybridized carbons (Fsp3) is 0.462. The number of alkyl halides is 1. The van der Waals surface area contributed by atoms with E-state index in [1.165, 1.54) is 12.1 Å². The molecule has 0 aromatic heterocycles. The van der Waals surface area contributed by atoms with E-state index in [1.54, 1.807) is 18.0 Å². The number of hydrogen-bond acceptors (Lipinski definition) is 1. The predicted octanol–water partition coefficient (Wildman–Crippen LogP) is 4.12. The summed E-state index contributed by atoms with van der Waals surface area (Å²) >= 11 is 9.15. The van der Waals surface area contributed by atoms with Crippen molar-refractivity contribution in [3.63, 3.8) is 0 Å². The number of carbonyl (C=O) groups excluding carboxylic acids is 1. The highest BCUT2D eigenvalue weighted by molar-refractivity contribution is 9.09. The number of unbranched alkanes of at least 4 members (excludes halogenated alkanes) is 2. The van der Waals surface area contributed by atoms with E-state index in [0.717, 1.165) is 24.6 Å². The van der Waals surface area contributed by atoms with Crippen LogP contribution in [0.5, 0.6) is 0 Å². The maximum atomic E-state index is 13.2. The molecule has 0 fully saturated rings. The van der Waals surface area contributed by atoms with E-state index in [9.17, 15) is 9.18 Å². The Morgan fingerprint density at radius 1 is 1.39 bits per heavy atom. The molecule has 0 aliphatic heterocycles. The van der Waals surface area contributed by atoms with E-state index in [-0.39, 0.29) is 16.5 Å². The second-order valence-corrected chi connectivity index (χ2v) is 5.25. The first-order chi connectivity index (χ1) is 8.57. The average Bonchev–Trinajstić information content (AvgIpc) is 2.37.